The van der Waals surface area contributed by atoms with Crippen LogP contribution in [0, 0.1) is 0 Å². The summed E-state index contributed by atoms with van der Waals surface area (Å²) in [6, 6.07) is 0. The van der Waals surface area contributed by atoms with Crippen LogP contribution in [0.5, 0.6) is 0 Å². The SMILES string of the molecule is B/C(=N\C)NC. The van der Waals surface area contributed by atoms with Crippen LogP contribution in [-0.2, 0) is 0 Å². The van der Waals surface area contributed by atoms with E-state index in [0.717, 1.165) is 5.73 Å². The van der Waals surface area contributed by atoms with E-state index in [1.165, 1.54) is 0 Å². The van der Waals surface area contributed by atoms with Gasteiger partial charge in [0, 0.05) is 19.8 Å². The molecule has 0 aromatic rings. The van der Waals surface area contributed by atoms with Crippen LogP contribution in [0.25, 0.3) is 0 Å². The van der Waals surface area contributed by atoms with Crippen molar-refractivity contribution in [2.45, 2.75) is 0 Å². The molecular formula is C3H9BN2. The van der Waals surface area contributed by atoms with E-state index in [2.05, 4.69) is 10.3 Å². The molecule has 0 saturated carbocycles. The average Bonchev–Trinajstić information content (AvgIpc) is 1.65. The van der Waals surface area contributed by atoms with E-state index in [4.69, 9.17) is 0 Å². The lowest BCUT2D eigenvalue weighted by Crippen LogP contribution is -2.17. The van der Waals surface area contributed by atoms with E-state index in [0.29, 0.717) is 0 Å². The maximum atomic E-state index is 3.81. The van der Waals surface area contributed by atoms with Gasteiger partial charge in [-0.05, 0) is 0 Å². The fraction of sp³-hybridized carbons (Fsp3) is 0.667. The molecule has 2 nitrogen and oxygen atoms in total. The number of rotatable bonds is 0. The summed E-state index contributed by atoms with van der Waals surface area (Å²) in [5, 5.41) is 2.86. The summed E-state index contributed by atoms with van der Waals surface area (Å²) in [6.07, 6.45) is 0. The van der Waals surface area contributed by atoms with Gasteiger partial charge in [-0.3, -0.25) is 4.99 Å². The molecule has 0 atom stereocenters. The molecule has 0 aromatic heterocycles. The molecule has 0 bridgehead atoms. The van der Waals surface area contributed by atoms with E-state index in [1.54, 1.807) is 7.05 Å². The summed E-state index contributed by atoms with van der Waals surface area (Å²) < 4.78 is 0. The van der Waals surface area contributed by atoms with Gasteiger partial charge in [0.25, 0.3) is 0 Å². The van der Waals surface area contributed by atoms with Gasteiger partial charge in [-0.15, -0.1) is 0 Å². The third-order valence-electron chi connectivity index (χ3n) is 0.697. The highest BCUT2D eigenvalue weighted by Gasteiger charge is 1.72. The lowest BCUT2D eigenvalue weighted by molar-refractivity contribution is 1.18. The van der Waals surface area contributed by atoms with Crippen LogP contribution in [-0.4, -0.2) is 27.7 Å². The molecule has 0 fully saturated rings. The van der Waals surface area contributed by atoms with Crippen LogP contribution in [0.4, 0.5) is 0 Å². The number of hydrogen-bond donors (Lipinski definition) is 1. The number of nitrogens with one attached hydrogen (secondary N) is 1. The zero-order valence-electron chi connectivity index (χ0n) is 4.45. The largest absolute Gasteiger partial charge is 0.386 e. The van der Waals surface area contributed by atoms with Crippen molar-refractivity contribution in [2.24, 2.45) is 4.99 Å². The van der Waals surface area contributed by atoms with E-state index in [-0.39, 0.29) is 0 Å². The highest BCUT2D eigenvalue weighted by atomic mass is 14.9. The molecule has 0 unspecified atom stereocenters. The molecule has 0 aliphatic rings. The van der Waals surface area contributed by atoms with E-state index >= 15 is 0 Å². The van der Waals surface area contributed by atoms with Crippen LogP contribution >= 0.6 is 0 Å². The summed E-state index contributed by atoms with van der Waals surface area (Å²) in [6.45, 7) is 0. The van der Waals surface area contributed by atoms with Crippen LogP contribution < -0.4 is 5.32 Å². The first-order valence-electron chi connectivity index (χ1n) is 1.92. The Morgan fingerprint density at radius 3 is 2.33 bits per heavy atom. The molecule has 0 saturated heterocycles. The Labute approximate surface area is 39.1 Å². The third kappa shape index (κ3) is 1.82. The Hall–Kier alpha value is -0.465. The van der Waals surface area contributed by atoms with E-state index < -0.39 is 0 Å². The first-order chi connectivity index (χ1) is 2.81. The fourth-order valence-electron chi connectivity index (χ4n) is 0.112. The molecule has 34 valence electrons. The predicted molar refractivity (Wildman–Crippen MR) is 31.0 cm³/mol. The molecule has 0 aromatic carbocycles. The second-order valence-corrected chi connectivity index (χ2v) is 1.06. The topological polar surface area (TPSA) is 24.4 Å². The van der Waals surface area contributed by atoms with Crippen molar-refractivity contribution >= 4 is 13.6 Å². The van der Waals surface area contributed by atoms with Gasteiger partial charge in [-0.2, -0.15) is 0 Å². The van der Waals surface area contributed by atoms with Gasteiger partial charge >= 0.3 is 0 Å². The van der Waals surface area contributed by atoms with Gasteiger partial charge in [-0.25, -0.2) is 0 Å². The van der Waals surface area contributed by atoms with Gasteiger partial charge in [-0.1, -0.05) is 0 Å². The number of nitrogens with zero attached hydrogens (tertiary/aromatic N) is 1. The lowest BCUT2D eigenvalue weighted by Gasteiger charge is -1.90. The van der Waals surface area contributed by atoms with Gasteiger partial charge in [0.2, 0.25) is 0 Å². The maximum absolute atomic E-state index is 3.81. The normalized spacial score (nSPS) is 11.3. The standard InChI is InChI=1S/C3H9BN2/c1-5-3(4)6-2/h4H2,1-2H3,(H,5,6). The van der Waals surface area contributed by atoms with Crippen molar-refractivity contribution in [3.63, 3.8) is 0 Å². The molecular weight excluding hydrogens is 74.9 g/mol. The second-order valence-electron chi connectivity index (χ2n) is 1.06. The van der Waals surface area contributed by atoms with E-state index in [1.807, 2.05) is 14.9 Å². The van der Waals surface area contributed by atoms with Crippen molar-refractivity contribution < 1.29 is 0 Å². The van der Waals surface area contributed by atoms with Gasteiger partial charge in [0.15, 0.2) is 7.85 Å². The zero-order valence-corrected chi connectivity index (χ0v) is 4.45. The predicted octanol–water partition coefficient (Wildman–Crippen LogP) is -1.18. The Morgan fingerprint density at radius 2 is 2.33 bits per heavy atom. The summed E-state index contributed by atoms with van der Waals surface area (Å²) in [7, 11) is 5.52. The highest BCUT2D eigenvalue weighted by molar-refractivity contribution is 6.58. The third-order valence-corrected chi connectivity index (χ3v) is 0.697. The lowest BCUT2D eigenvalue weighted by atomic mass is 10.1. The molecule has 0 aliphatic carbocycles. The average molecular weight is 83.9 g/mol. The summed E-state index contributed by atoms with van der Waals surface area (Å²) in [4.78, 5) is 3.81. The van der Waals surface area contributed by atoms with Crippen molar-refractivity contribution in [1.29, 1.82) is 0 Å². The number of amidine groups is 1. The summed E-state index contributed by atoms with van der Waals surface area (Å²) >= 11 is 0. The molecule has 0 amide bonds. The minimum atomic E-state index is 0.968. The Bertz CT molecular complexity index is 59.8. The number of hydrogen-bond acceptors (Lipinski definition) is 1. The molecule has 0 spiro atoms. The Morgan fingerprint density at radius 1 is 1.83 bits per heavy atom. The van der Waals surface area contributed by atoms with Crippen LogP contribution in [0.1, 0.15) is 0 Å². The molecule has 6 heavy (non-hydrogen) atoms. The van der Waals surface area contributed by atoms with Gasteiger partial charge in [0.1, 0.15) is 0 Å². The highest BCUT2D eigenvalue weighted by Crippen LogP contribution is 1.52. The van der Waals surface area contributed by atoms with Gasteiger partial charge < -0.3 is 5.32 Å². The van der Waals surface area contributed by atoms with Crippen LogP contribution in [0.3, 0.4) is 0 Å². The number of aliphatic imine (C=N–C) groups is 1. The minimum Gasteiger partial charge on any atom is -0.386 e. The smallest absolute Gasteiger partial charge is 0.185 e. The Kier molecular flexibility index (Phi) is 2.54. The summed E-state index contributed by atoms with van der Waals surface area (Å²) in [5.41, 5.74) is 0.968. The van der Waals surface area contributed by atoms with E-state index in [9.17, 15) is 0 Å². The first-order valence-corrected chi connectivity index (χ1v) is 1.92. The minimum absolute atomic E-state index is 0.968. The monoisotopic (exact) mass is 84.1 g/mol. The molecule has 3 heteroatoms. The maximum Gasteiger partial charge on any atom is 0.185 e. The zero-order chi connectivity index (χ0) is 4.99. The van der Waals surface area contributed by atoms with Gasteiger partial charge in [0.05, 0.1) is 0 Å². The van der Waals surface area contributed by atoms with Crippen molar-refractivity contribution in [3.05, 3.63) is 0 Å². The van der Waals surface area contributed by atoms with Crippen LogP contribution in [0.2, 0.25) is 0 Å². The van der Waals surface area contributed by atoms with Crippen molar-refractivity contribution in [3.8, 4) is 0 Å². The second kappa shape index (κ2) is 2.76. The van der Waals surface area contributed by atoms with Crippen molar-refractivity contribution in [2.75, 3.05) is 14.1 Å². The molecule has 0 radical (unpaired) electrons. The fourth-order valence-corrected chi connectivity index (χ4v) is 0.112. The molecule has 0 rings (SSSR count). The molecule has 0 heterocycles. The molecule has 1 N–H and O–H groups in total. The quantitative estimate of drug-likeness (QED) is 0.223. The summed E-state index contributed by atoms with van der Waals surface area (Å²) in [5.74, 6) is 0. The first kappa shape index (κ1) is 5.53. The van der Waals surface area contributed by atoms with Crippen LogP contribution in [0.15, 0.2) is 4.99 Å². The molecule has 0 aliphatic heterocycles. The van der Waals surface area contributed by atoms with Crippen molar-refractivity contribution in [1.82, 2.24) is 5.32 Å². The Balaban J connectivity index is 3.22.